The predicted octanol–water partition coefficient (Wildman–Crippen LogP) is 1.81. The van der Waals surface area contributed by atoms with E-state index in [0.29, 0.717) is 17.7 Å². The van der Waals surface area contributed by atoms with Gasteiger partial charge in [-0.05, 0) is 18.7 Å². The van der Waals surface area contributed by atoms with Crippen LogP contribution in [0.1, 0.15) is 18.1 Å². The highest BCUT2D eigenvalue weighted by atomic mass is 19.1. The van der Waals surface area contributed by atoms with E-state index >= 15 is 0 Å². The van der Waals surface area contributed by atoms with E-state index in [1.54, 1.807) is 12.1 Å². The molecule has 0 atom stereocenters. The van der Waals surface area contributed by atoms with Gasteiger partial charge in [0.1, 0.15) is 5.82 Å². The normalized spacial score (nSPS) is 9.62. The Kier molecular flexibility index (Phi) is 3.41. The molecule has 1 aromatic rings. The van der Waals surface area contributed by atoms with Crippen LogP contribution in [0, 0.1) is 17.1 Å². The Hall–Kier alpha value is -1.40. The topological polar surface area (TPSA) is 35.8 Å². The van der Waals surface area contributed by atoms with Crippen LogP contribution in [-0.2, 0) is 6.54 Å². The van der Waals surface area contributed by atoms with E-state index in [2.05, 4.69) is 5.32 Å². The largest absolute Gasteiger partial charge is 0.313 e. The van der Waals surface area contributed by atoms with Crippen molar-refractivity contribution in [2.45, 2.75) is 13.5 Å². The molecule has 0 aliphatic heterocycles. The lowest BCUT2D eigenvalue weighted by molar-refractivity contribution is 0.593. The second kappa shape index (κ2) is 4.58. The van der Waals surface area contributed by atoms with E-state index < -0.39 is 0 Å². The Labute approximate surface area is 77.0 Å². The molecule has 1 rings (SSSR count). The standard InChI is InChI=1S/C10H11FN2/c1-2-13-7-9-4-3-8(6-12)5-10(9)11/h3-5,13H,2,7H2,1H3. The summed E-state index contributed by atoms with van der Waals surface area (Å²) in [5.41, 5.74) is 0.957. The first-order chi connectivity index (χ1) is 6.27. The summed E-state index contributed by atoms with van der Waals surface area (Å²) in [6.07, 6.45) is 0. The van der Waals surface area contributed by atoms with Gasteiger partial charge in [-0.2, -0.15) is 5.26 Å². The molecule has 68 valence electrons. The minimum atomic E-state index is -0.319. The van der Waals surface area contributed by atoms with E-state index in [0.717, 1.165) is 6.54 Å². The van der Waals surface area contributed by atoms with Crippen molar-refractivity contribution in [3.05, 3.63) is 35.1 Å². The first-order valence-corrected chi connectivity index (χ1v) is 4.17. The number of nitriles is 1. The Morgan fingerprint density at radius 2 is 2.31 bits per heavy atom. The summed E-state index contributed by atoms with van der Waals surface area (Å²) in [6, 6.07) is 6.40. The van der Waals surface area contributed by atoms with Gasteiger partial charge in [0, 0.05) is 12.1 Å². The number of hydrogen-bond acceptors (Lipinski definition) is 2. The minimum Gasteiger partial charge on any atom is -0.313 e. The molecule has 13 heavy (non-hydrogen) atoms. The SMILES string of the molecule is CCNCc1ccc(C#N)cc1F. The fourth-order valence-corrected chi connectivity index (χ4v) is 1.02. The van der Waals surface area contributed by atoms with E-state index in [-0.39, 0.29) is 5.82 Å². The van der Waals surface area contributed by atoms with Gasteiger partial charge in [-0.3, -0.25) is 0 Å². The molecule has 0 amide bonds. The van der Waals surface area contributed by atoms with Gasteiger partial charge in [-0.1, -0.05) is 13.0 Å². The van der Waals surface area contributed by atoms with Gasteiger partial charge >= 0.3 is 0 Å². The van der Waals surface area contributed by atoms with Gasteiger partial charge in [0.15, 0.2) is 0 Å². The summed E-state index contributed by atoms with van der Waals surface area (Å²) in [5, 5.41) is 11.5. The van der Waals surface area contributed by atoms with Crippen molar-refractivity contribution in [3.63, 3.8) is 0 Å². The van der Waals surface area contributed by atoms with Gasteiger partial charge in [0.2, 0.25) is 0 Å². The zero-order valence-corrected chi connectivity index (χ0v) is 7.47. The molecule has 0 spiro atoms. The van der Waals surface area contributed by atoms with Crippen molar-refractivity contribution < 1.29 is 4.39 Å². The Balaban J connectivity index is 2.81. The molecule has 0 fully saturated rings. The molecule has 0 unspecified atom stereocenters. The minimum absolute atomic E-state index is 0.319. The molecular formula is C10H11FN2. The van der Waals surface area contributed by atoms with Gasteiger partial charge in [-0.25, -0.2) is 4.39 Å². The Morgan fingerprint density at radius 1 is 1.54 bits per heavy atom. The highest BCUT2D eigenvalue weighted by molar-refractivity contribution is 5.32. The van der Waals surface area contributed by atoms with Crippen molar-refractivity contribution in [1.82, 2.24) is 5.32 Å². The maximum atomic E-state index is 13.2. The molecule has 3 heteroatoms. The fourth-order valence-electron chi connectivity index (χ4n) is 1.02. The molecule has 0 aliphatic carbocycles. The highest BCUT2D eigenvalue weighted by Gasteiger charge is 2.01. The first kappa shape index (κ1) is 9.69. The summed E-state index contributed by atoms with van der Waals surface area (Å²) in [7, 11) is 0. The Morgan fingerprint density at radius 3 is 2.85 bits per heavy atom. The lowest BCUT2D eigenvalue weighted by atomic mass is 10.1. The zero-order chi connectivity index (χ0) is 9.68. The summed E-state index contributed by atoms with van der Waals surface area (Å²) in [6.45, 7) is 3.27. The van der Waals surface area contributed by atoms with Crippen LogP contribution < -0.4 is 5.32 Å². The van der Waals surface area contributed by atoms with Crippen LogP contribution in [0.2, 0.25) is 0 Å². The smallest absolute Gasteiger partial charge is 0.129 e. The first-order valence-electron chi connectivity index (χ1n) is 4.17. The number of benzene rings is 1. The quantitative estimate of drug-likeness (QED) is 0.766. The molecule has 0 bridgehead atoms. The molecule has 2 nitrogen and oxygen atoms in total. The second-order valence-electron chi connectivity index (χ2n) is 2.70. The van der Waals surface area contributed by atoms with E-state index in [4.69, 9.17) is 5.26 Å². The van der Waals surface area contributed by atoms with Gasteiger partial charge in [-0.15, -0.1) is 0 Å². The van der Waals surface area contributed by atoms with Crippen LogP contribution in [0.3, 0.4) is 0 Å². The number of hydrogen-bond donors (Lipinski definition) is 1. The van der Waals surface area contributed by atoms with Crippen LogP contribution in [-0.4, -0.2) is 6.54 Å². The monoisotopic (exact) mass is 178 g/mol. The number of rotatable bonds is 3. The maximum absolute atomic E-state index is 13.2. The number of nitrogens with zero attached hydrogens (tertiary/aromatic N) is 1. The third-order valence-electron chi connectivity index (χ3n) is 1.75. The summed E-state index contributed by atoms with van der Waals surface area (Å²) >= 11 is 0. The third-order valence-corrected chi connectivity index (χ3v) is 1.75. The lowest BCUT2D eigenvalue weighted by Crippen LogP contribution is -2.12. The maximum Gasteiger partial charge on any atom is 0.129 e. The fraction of sp³-hybridized carbons (Fsp3) is 0.300. The van der Waals surface area contributed by atoms with Crippen LogP contribution >= 0.6 is 0 Å². The highest BCUT2D eigenvalue weighted by Crippen LogP contribution is 2.09. The summed E-state index contributed by atoms with van der Waals surface area (Å²) < 4.78 is 13.2. The van der Waals surface area contributed by atoms with Crippen LogP contribution in [0.4, 0.5) is 4.39 Å². The van der Waals surface area contributed by atoms with E-state index in [9.17, 15) is 4.39 Å². The number of nitrogens with one attached hydrogen (secondary N) is 1. The summed E-state index contributed by atoms with van der Waals surface area (Å²) in [4.78, 5) is 0. The predicted molar refractivity (Wildman–Crippen MR) is 48.5 cm³/mol. The molecule has 0 radical (unpaired) electrons. The van der Waals surface area contributed by atoms with Gasteiger partial charge < -0.3 is 5.32 Å². The molecule has 0 heterocycles. The molecule has 0 aromatic heterocycles. The van der Waals surface area contributed by atoms with Crippen molar-refractivity contribution in [1.29, 1.82) is 5.26 Å². The van der Waals surface area contributed by atoms with Gasteiger partial charge in [0.25, 0.3) is 0 Å². The van der Waals surface area contributed by atoms with Crippen LogP contribution in [0.25, 0.3) is 0 Å². The van der Waals surface area contributed by atoms with Crippen molar-refractivity contribution in [3.8, 4) is 6.07 Å². The average molecular weight is 178 g/mol. The second-order valence-corrected chi connectivity index (χ2v) is 2.70. The molecule has 0 aliphatic rings. The van der Waals surface area contributed by atoms with E-state index in [1.165, 1.54) is 6.07 Å². The average Bonchev–Trinajstić information content (AvgIpc) is 2.16. The van der Waals surface area contributed by atoms with Crippen LogP contribution in [0.5, 0.6) is 0 Å². The molecule has 1 N–H and O–H groups in total. The molecular weight excluding hydrogens is 167 g/mol. The van der Waals surface area contributed by atoms with Crippen molar-refractivity contribution in [2.75, 3.05) is 6.54 Å². The number of halogens is 1. The van der Waals surface area contributed by atoms with Crippen molar-refractivity contribution >= 4 is 0 Å². The molecule has 0 saturated heterocycles. The molecule has 0 saturated carbocycles. The zero-order valence-electron chi connectivity index (χ0n) is 7.47. The van der Waals surface area contributed by atoms with Crippen LogP contribution in [0.15, 0.2) is 18.2 Å². The Bertz CT molecular complexity index is 328. The third kappa shape index (κ3) is 2.53. The molecule has 1 aromatic carbocycles. The van der Waals surface area contributed by atoms with Gasteiger partial charge in [0.05, 0.1) is 11.6 Å². The lowest BCUT2D eigenvalue weighted by Gasteiger charge is -2.03. The van der Waals surface area contributed by atoms with E-state index in [1.807, 2.05) is 13.0 Å². The van der Waals surface area contributed by atoms with Crippen molar-refractivity contribution in [2.24, 2.45) is 0 Å². The summed E-state index contributed by atoms with van der Waals surface area (Å²) in [5.74, 6) is -0.319.